The fourth-order valence-electron chi connectivity index (χ4n) is 2.04. The van der Waals surface area contributed by atoms with Gasteiger partial charge in [0.1, 0.15) is 0 Å². The molecule has 1 aromatic carbocycles. The van der Waals surface area contributed by atoms with Gasteiger partial charge < -0.3 is 20.1 Å². The van der Waals surface area contributed by atoms with Crippen LogP contribution >= 0.6 is 11.8 Å². The van der Waals surface area contributed by atoms with E-state index in [1.165, 1.54) is 16.7 Å². The summed E-state index contributed by atoms with van der Waals surface area (Å²) < 4.78 is 4.97. The number of amides is 2. The molecule has 2 N–H and O–H groups in total. The zero-order valence-corrected chi connectivity index (χ0v) is 12.6. The number of ether oxygens (including phenoxy) is 1. The highest BCUT2D eigenvalue weighted by atomic mass is 32.2. The predicted octanol–water partition coefficient (Wildman–Crippen LogP) is 0.812. The Morgan fingerprint density at radius 2 is 2.29 bits per heavy atom. The number of hydrogen-bond donors (Lipinski definition) is 2. The van der Waals surface area contributed by atoms with Gasteiger partial charge in [-0.1, -0.05) is 0 Å². The van der Waals surface area contributed by atoms with Crippen LogP contribution in [0.5, 0.6) is 0 Å². The molecule has 1 aliphatic rings. The SMILES string of the molecule is COCCN(CCO)C(=O)c1ccc2c(c1)NC(=O)CS2. The smallest absolute Gasteiger partial charge is 0.254 e. The molecule has 2 rings (SSSR count). The first kappa shape index (κ1) is 15.8. The van der Waals surface area contributed by atoms with Crippen molar-refractivity contribution in [3.63, 3.8) is 0 Å². The van der Waals surface area contributed by atoms with E-state index in [0.29, 0.717) is 30.2 Å². The Hall–Kier alpha value is -1.57. The third-order valence-electron chi connectivity index (χ3n) is 3.08. The number of nitrogens with one attached hydrogen (secondary N) is 1. The number of benzene rings is 1. The average Bonchev–Trinajstić information content (AvgIpc) is 2.50. The monoisotopic (exact) mass is 310 g/mol. The standard InChI is InChI=1S/C14H18N2O4S/c1-20-7-5-16(4-6-17)14(19)10-2-3-12-11(8-10)15-13(18)9-21-12/h2-3,8,17H,4-7,9H2,1H3,(H,15,18). The number of fused-ring (bicyclic) bond motifs is 1. The van der Waals surface area contributed by atoms with E-state index in [4.69, 9.17) is 9.84 Å². The minimum Gasteiger partial charge on any atom is -0.395 e. The number of methoxy groups -OCH3 is 1. The second-order valence-corrected chi connectivity index (χ2v) is 5.57. The van der Waals surface area contributed by atoms with Crippen LogP contribution < -0.4 is 5.32 Å². The largest absolute Gasteiger partial charge is 0.395 e. The molecule has 0 unspecified atom stereocenters. The van der Waals surface area contributed by atoms with E-state index in [1.807, 2.05) is 6.07 Å². The lowest BCUT2D eigenvalue weighted by Crippen LogP contribution is -2.36. The normalized spacial score (nSPS) is 13.5. The van der Waals surface area contributed by atoms with Gasteiger partial charge in [0.05, 0.1) is 24.7 Å². The molecule has 0 aliphatic carbocycles. The highest BCUT2D eigenvalue weighted by Crippen LogP contribution is 2.32. The van der Waals surface area contributed by atoms with Crippen LogP contribution in [0.3, 0.4) is 0 Å². The number of aliphatic hydroxyl groups excluding tert-OH is 1. The summed E-state index contributed by atoms with van der Waals surface area (Å²) in [5, 5.41) is 11.8. The fraction of sp³-hybridized carbons (Fsp3) is 0.429. The van der Waals surface area contributed by atoms with Crippen molar-refractivity contribution in [3.05, 3.63) is 23.8 Å². The first-order valence-corrected chi connectivity index (χ1v) is 7.60. The third-order valence-corrected chi connectivity index (χ3v) is 4.16. The zero-order chi connectivity index (χ0) is 15.2. The van der Waals surface area contributed by atoms with E-state index in [0.717, 1.165) is 4.90 Å². The van der Waals surface area contributed by atoms with Gasteiger partial charge in [0.2, 0.25) is 5.91 Å². The van der Waals surface area contributed by atoms with Crippen molar-refractivity contribution in [2.45, 2.75) is 4.90 Å². The van der Waals surface area contributed by atoms with Gasteiger partial charge >= 0.3 is 0 Å². The molecule has 114 valence electrons. The number of carbonyl (C=O) groups is 2. The summed E-state index contributed by atoms with van der Waals surface area (Å²) in [6, 6.07) is 5.25. The maximum atomic E-state index is 12.4. The molecule has 0 radical (unpaired) electrons. The van der Waals surface area contributed by atoms with Crippen molar-refractivity contribution in [1.29, 1.82) is 0 Å². The molecule has 1 heterocycles. The molecule has 0 saturated heterocycles. The lowest BCUT2D eigenvalue weighted by atomic mass is 10.1. The van der Waals surface area contributed by atoms with Crippen molar-refractivity contribution < 1.29 is 19.4 Å². The van der Waals surface area contributed by atoms with Crippen molar-refractivity contribution in [1.82, 2.24) is 4.90 Å². The summed E-state index contributed by atoms with van der Waals surface area (Å²) in [5.41, 5.74) is 1.15. The Morgan fingerprint density at radius 3 is 3.00 bits per heavy atom. The molecule has 0 spiro atoms. The van der Waals surface area contributed by atoms with Crippen molar-refractivity contribution >= 4 is 29.3 Å². The molecule has 0 fully saturated rings. The fourth-order valence-corrected chi connectivity index (χ4v) is 2.82. The molecule has 2 amide bonds. The maximum absolute atomic E-state index is 12.4. The van der Waals surface area contributed by atoms with Crippen LogP contribution in [-0.2, 0) is 9.53 Å². The van der Waals surface area contributed by atoms with E-state index in [-0.39, 0.29) is 25.0 Å². The van der Waals surface area contributed by atoms with Gasteiger partial charge in [0.15, 0.2) is 0 Å². The number of carbonyl (C=O) groups excluding carboxylic acids is 2. The minimum atomic E-state index is -0.186. The zero-order valence-electron chi connectivity index (χ0n) is 11.8. The second kappa shape index (κ2) is 7.44. The second-order valence-electron chi connectivity index (χ2n) is 4.56. The maximum Gasteiger partial charge on any atom is 0.254 e. The molecule has 6 nitrogen and oxygen atoms in total. The van der Waals surface area contributed by atoms with Gasteiger partial charge in [-0.25, -0.2) is 0 Å². The Kier molecular flexibility index (Phi) is 5.60. The van der Waals surface area contributed by atoms with Gasteiger partial charge in [-0.15, -0.1) is 11.8 Å². The molecular formula is C14H18N2O4S. The Labute approximate surface area is 127 Å². The minimum absolute atomic E-state index is 0.0660. The van der Waals surface area contributed by atoms with E-state index in [2.05, 4.69) is 5.32 Å². The van der Waals surface area contributed by atoms with Crippen molar-refractivity contribution in [2.75, 3.05) is 44.5 Å². The van der Waals surface area contributed by atoms with E-state index in [1.54, 1.807) is 19.2 Å². The van der Waals surface area contributed by atoms with Crippen molar-refractivity contribution in [2.24, 2.45) is 0 Å². The molecule has 1 aromatic rings. The molecular weight excluding hydrogens is 292 g/mol. The number of aliphatic hydroxyl groups is 1. The number of hydrogen-bond acceptors (Lipinski definition) is 5. The van der Waals surface area contributed by atoms with Gasteiger partial charge in [-0.3, -0.25) is 9.59 Å². The van der Waals surface area contributed by atoms with Crippen LogP contribution in [0.4, 0.5) is 5.69 Å². The summed E-state index contributed by atoms with van der Waals surface area (Å²) in [6.45, 7) is 0.963. The third kappa shape index (κ3) is 3.96. The first-order valence-electron chi connectivity index (χ1n) is 6.61. The summed E-state index contributed by atoms with van der Waals surface area (Å²) in [4.78, 5) is 26.3. The lowest BCUT2D eigenvalue weighted by Gasteiger charge is -2.23. The van der Waals surface area contributed by atoms with Crippen LogP contribution in [0, 0.1) is 0 Å². The summed E-state index contributed by atoms with van der Waals surface area (Å²) >= 11 is 1.45. The van der Waals surface area contributed by atoms with E-state index < -0.39 is 0 Å². The highest BCUT2D eigenvalue weighted by Gasteiger charge is 2.20. The number of anilines is 1. The number of thioether (sulfide) groups is 1. The first-order chi connectivity index (χ1) is 10.2. The number of nitrogens with zero attached hydrogens (tertiary/aromatic N) is 1. The molecule has 0 bridgehead atoms. The van der Waals surface area contributed by atoms with Crippen LogP contribution in [-0.4, -0.2) is 61.0 Å². The predicted molar refractivity (Wildman–Crippen MR) is 80.7 cm³/mol. The van der Waals surface area contributed by atoms with Gasteiger partial charge in [-0.05, 0) is 18.2 Å². The van der Waals surface area contributed by atoms with Gasteiger partial charge in [-0.2, -0.15) is 0 Å². The van der Waals surface area contributed by atoms with Crippen molar-refractivity contribution in [3.8, 4) is 0 Å². The van der Waals surface area contributed by atoms with Gasteiger partial charge in [0.25, 0.3) is 5.91 Å². The Balaban J connectivity index is 2.17. The molecule has 0 aromatic heterocycles. The molecule has 0 atom stereocenters. The quantitative estimate of drug-likeness (QED) is 0.813. The molecule has 7 heteroatoms. The van der Waals surface area contributed by atoms with Crippen LogP contribution in [0.2, 0.25) is 0 Å². The van der Waals surface area contributed by atoms with Crippen LogP contribution in [0.25, 0.3) is 0 Å². The summed E-state index contributed by atoms with van der Waals surface area (Å²) in [6.07, 6.45) is 0. The van der Waals surface area contributed by atoms with Crippen LogP contribution in [0.15, 0.2) is 23.1 Å². The lowest BCUT2D eigenvalue weighted by molar-refractivity contribution is -0.113. The summed E-state index contributed by atoms with van der Waals surface area (Å²) in [5.74, 6) is 0.141. The Morgan fingerprint density at radius 1 is 1.48 bits per heavy atom. The average molecular weight is 310 g/mol. The molecule has 1 aliphatic heterocycles. The summed E-state index contributed by atoms with van der Waals surface area (Å²) in [7, 11) is 1.56. The number of rotatable bonds is 6. The van der Waals surface area contributed by atoms with Crippen LogP contribution in [0.1, 0.15) is 10.4 Å². The molecule has 0 saturated carbocycles. The highest BCUT2D eigenvalue weighted by molar-refractivity contribution is 8.00. The van der Waals surface area contributed by atoms with Gasteiger partial charge in [0, 0.05) is 30.7 Å². The topological polar surface area (TPSA) is 78.9 Å². The Bertz CT molecular complexity index is 536. The van der Waals surface area contributed by atoms with E-state index in [9.17, 15) is 9.59 Å². The molecule has 21 heavy (non-hydrogen) atoms. The van der Waals surface area contributed by atoms with E-state index >= 15 is 0 Å².